The Labute approximate surface area is 71.1 Å². The normalized spacial score (nSPS) is 40.1. The molecule has 2 heterocycles. The third-order valence-electron chi connectivity index (χ3n) is 2.82. The van der Waals surface area contributed by atoms with Crippen LogP contribution in [0.25, 0.3) is 0 Å². The minimum Gasteiger partial charge on any atom is -0.304 e. The lowest BCUT2D eigenvalue weighted by molar-refractivity contribution is 0.171. The molecule has 11 heavy (non-hydrogen) atoms. The second-order valence-corrected chi connectivity index (χ2v) is 3.90. The Bertz CT molecular complexity index is 148. The van der Waals surface area contributed by atoms with Gasteiger partial charge in [0.2, 0.25) is 0 Å². The van der Waals surface area contributed by atoms with Crippen LogP contribution in [0.2, 0.25) is 0 Å². The van der Waals surface area contributed by atoms with Crippen LogP contribution < -0.4 is 10.6 Å². The number of likely N-dealkylation sites (tertiary alicyclic amines) is 1. The summed E-state index contributed by atoms with van der Waals surface area (Å²) >= 11 is 0. The molecule has 2 aliphatic rings. The first-order chi connectivity index (χ1) is 5.31. The average molecular weight is 159 g/mol. The van der Waals surface area contributed by atoms with Crippen molar-refractivity contribution in [3.63, 3.8) is 0 Å². The number of likely N-dealkylation sites (N-methyl/N-ethyl adjacent to an activating group) is 1. The molecular formula is C8H21N3. The molecule has 1 atom stereocenters. The van der Waals surface area contributed by atoms with Gasteiger partial charge in [-0.3, -0.25) is 5.32 Å². The zero-order valence-corrected chi connectivity index (χ0v) is 7.19. The Hall–Kier alpha value is -0.120. The average Bonchev–Trinajstić information content (AvgIpc) is 2.37. The van der Waals surface area contributed by atoms with E-state index in [-0.39, 0.29) is 2.85 Å². The van der Waals surface area contributed by atoms with Crippen molar-refractivity contribution in [1.29, 1.82) is 0 Å². The van der Waals surface area contributed by atoms with Crippen molar-refractivity contribution in [3.8, 4) is 0 Å². The first kappa shape index (κ1) is 7.53. The van der Waals surface area contributed by atoms with E-state index in [9.17, 15) is 0 Å². The number of piperidine rings is 1. The molecule has 1 unspecified atom stereocenters. The molecule has 68 valence electrons. The van der Waals surface area contributed by atoms with Gasteiger partial charge in [-0.1, -0.05) is 0 Å². The Kier molecular flexibility index (Phi) is 1.87. The maximum atomic E-state index is 3.55. The van der Waals surface area contributed by atoms with Crippen LogP contribution in [-0.2, 0) is 0 Å². The van der Waals surface area contributed by atoms with Gasteiger partial charge in [0.15, 0.2) is 0 Å². The van der Waals surface area contributed by atoms with E-state index in [2.05, 4.69) is 22.6 Å². The molecule has 0 aromatic heterocycles. The SMILES string of the molecule is CN1CCCC2(CNCN2)C1.[HH].[HH]. The summed E-state index contributed by atoms with van der Waals surface area (Å²) in [6.45, 7) is 4.62. The fourth-order valence-electron chi connectivity index (χ4n) is 2.27. The highest BCUT2D eigenvalue weighted by Gasteiger charge is 2.36. The van der Waals surface area contributed by atoms with E-state index in [1.807, 2.05) is 0 Å². The number of nitrogens with zero attached hydrogens (tertiary/aromatic N) is 1. The predicted molar refractivity (Wildman–Crippen MR) is 49.7 cm³/mol. The van der Waals surface area contributed by atoms with Gasteiger partial charge < -0.3 is 10.2 Å². The molecule has 3 heteroatoms. The zero-order valence-electron chi connectivity index (χ0n) is 7.19. The van der Waals surface area contributed by atoms with Crippen molar-refractivity contribution < 1.29 is 2.85 Å². The predicted octanol–water partition coefficient (Wildman–Crippen LogP) is 0.0931. The fourth-order valence-corrected chi connectivity index (χ4v) is 2.27. The molecule has 0 amide bonds. The molecule has 0 aromatic rings. The first-order valence-electron chi connectivity index (χ1n) is 4.45. The lowest BCUT2D eigenvalue weighted by Gasteiger charge is -2.38. The molecule has 2 rings (SSSR count). The second kappa shape index (κ2) is 2.73. The van der Waals surface area contributed by atoms with Crippen LogP contribution in [0.5, 0.6) is 0 Å². The van der Waals surface area contributed by atoms with Gasteiger partial charge in [-0.25, -0.2) is 0 Å². The molecule has 2 aliphatic heterocycles. The van der Waals surface area contributed by atoms with Gasteiger partial charge >= 0.3 is 0 Å². The number of rotatable bonds is 0. The van der Waals surface area contributed by atoms with E-state index in [1.165, 1.54) is 25.9 Å². The second-order valence-electron chi connectivity index (χ2n) is 3.90. The van der Waals surface area contributed by atoms with Crippen molar-refractivity contribution in [2.24, 2.45) is 0 Å². The molecule has 2 saturated heterocycles. The summed E-state index contributed by atoms with van der Waals surface area (Å²) in [7, 11) is 2.21. The highest BCUT2D eigenvalue weighted by atomic mass is 15.3. The maximum Gasteiger partial charge on any atom is 0.0460 e. The molecule has 2 N–H and O–H groups in total. The molecule has 0 aliphatic carbocycles. The quantitative estimate of drug-likeness (QED) is 0.525. The van der Waals surface area contributed by atoms with Crippen molar-refractivity contribution >= 4 is 0 Å². The number of hydrogen-bond acceptors (Lipinski definition) is 3. The molecule has 0 aromatic carbocycles. The van der Waals surface area contributed by atoms with E-state index in [0.717, 1.165) is 13.2 Å². The minimum absolute atomic E-state index is 0. The lowest BCUT2D eigenvalue weighted by Crippen LogP contribution is -2.54. The van der Waals surface area contributed by atoms with Gasteiger partial charge in [-0.15, -0.1) is 0 Å². The van der Waals surface area contributed by atoms with Gasteiger partial charge in [-0.05, 0) is 26.4 Å². The summed E-state index contributed by atoms with van der Waals surface area (Å²) in [5.41, 5.74) is 0.410. The highest BCUT2D eigenvalue weighted by Crippen LogP contribution is 2.21. The summed E-state index contributed by atoms with van der Waals surface area (Å²) in [6.07, 6.45) is 2.68. The smallest absolute Gasteiger partial charge is 0.0460 e. The van der Waals surface area contributed by atoms with Crippen LogP contribution in [0.15, 0.2) is 0 Å². The topological polar surface area (TPSA) is 27.3 Å². The van der Waals surface area contributed by atoms with Crippen molar-refractivity contribution in [2.45, 2.75) is 18.4 Å². The Morgan fingerprint density at radius 1 is 1.55 bits per heavy atom. The van der Waals surface area contributed by atoms with Gasteiger partial charge in [0, 0.05) is 28.2 Å². The summed E-state index contributed by atoms with van der Waals surface area (Å²) in [5.74, 6) is 0. The summed E-state index contributed by atoms with van der Waals surface area (Å²) in [5, 5.41) is 6.92. The van der Waals surface area contributed by atoms with Crippen molar-refractivity contribution in [1.82, 2.24) is 15.5 Å². The van der Waals surface area contributed by atoms with E-state index < -0.39 is 0 Å². The monoisotopic (exact) mass is 159 g/mol. The molecule has 0 saturated carbocycles. The van der Waals surface area contributed by atoms with Crippen LogP contribution >= 0.6 is 0 Å². The van der Waals surface area contributed by atoms with E-state index in [1.54, 1.807) is 0 Å². The van der Waals surface area contributed by atoms with Gasteiger partial charge in [0.25, 0.3) is 0 Å². The van der Waals surface area contributed by atoms with Crippen molar-refractivity contribution in [3.05, 3.63) is 0 Å². The minimum atomic E-state index is 0. The lowest BCUT2D eigenvalue weighted by atomic mass is 9.90. The molecular weight excluding hydrogens is 138 g/mol. The highest BCUT2D eigenvalue weighted by molar-refractivity contribution is 4.98. The Balaban J connectivity index is 0.000000720. The number of nitrogens with one attached hydrogen (secondary N) is 2. The molecule has 0 radical (unpaired) electrons. The van der Waals surface area contributed by atoms with Crippen molar-refractivity contribution in [2.75, 3.05) is 33.4 Å². The van der Waals surface area contributed by atoms with E-state index in [0.29, 0.717) is 5.54 Å². The molecule has 2 fully saturated rings. The van der Waals surface area contributed by atoms with Gasteiger partial charge in [0.1, 0.15) is 0 Å². The maximum absolute atomic E-state index is 3.55. The Morgan fingerprint density at radius 2 is 2.45 bits per heavy atom. The summed E-state index contributed by atoms with van der Waals surface area (Å²) < 4.78 is 0. The number of hydrogen-bond donors (Lipinski definition) is 2. The Morgan fingerprint density at radius 3 is 3.09 bits per heavy atom. The van der Waals surface area contributed by atoms with Crippen LogP contribution in [0.3, 0.4) is 0 Å². The fraction of sp³-hybridized carbons (Fsp3) is 1.00. The largest absolute Gasteiger partial charge is 0.304 e. The van der Waals surface area contributed by atoms with Crippen LogP contribution in [0, 0.1) is 0 Å². The summed E-state index contributed by atoms with van der Waals surface area (Å²) in [4.78, 5) is 2.42. The summed E-state index contributed by atoms with van der Waals surface area (Å²) in [6, 6.07) is 0. The van der Waals surface area contributed by atoms with Crippen LogP contribution in [0.1, 0.15) is 15.7 Å². The van der Waals surface area contributed by atoms with Crippen LogP contribution in [-0.4, -0.2) is 43.8 Å². The first-order valence-corrected chi connectivity index (χ1v) is 4.45. The van der Waals surface area contributed by atoms with E-state index in [4.69, 9.17) is 0 Å². The standard InChI is InChI=1S/C8H17N3.2H2/c1-11-4-2-3-8(6-11)5-9-7-10-8;;/h9-10H,2-7H2,1H3;2*1H. The third-order valence-corrected chi connectivity index (χ3v) is 2.82. The van der Waals surface area contributed by atoms with Gasteiger partial charge in [0.05, 0.1) is 0 Å². The molecule has 0 bridgehead atoms. The third kappa shape index (κ3) is 1.41. The van der Waals surface area contributed by atoms with Crippen LogP contribution in [0.4, 0.5) is 0 Å². The van der Waals surface area contributed by atoms with Gasteiger partial charge in [-0.2, -0.15) is 0 Å². The zero-order chi connectivity index (χ0) is 7.73. The molecule has 1 spiro atoms. The van der Waals surface area contributed by atoms with E-state index >= 15 is 0 Å². The molecule has 3 nitrogen and oxygen atoms in total.